The van der Waals surface area contributed by atoms with E-state index in [0.29, 0.717) is 58.1 Å². The average Bonchev–Trinajstić information content (AvgIpc) is 3.44. The third-order valence-corrected chi connectivity index (χ3v) is 12.5. The maximum atomic E-state index is 13.0. The van der Waals surface area contributed by atoms with Gasteiger partial charge in [0, 0.05) is 39.2 Å². The van der Waals surface area contributed by atoms with Gasteiger partial charge < -0.3 is 28.8 Å². The first-order valence-electron chi connectivity index (χ1n) is 22.7. The van der Waals surface area contributed by atoms with Gasteiger partial charge in [0.1, 0.15) is 50.7 Å². The third kappa shape index (κ3) is 13.7. The standard InChI is InChI=1S/C20H15FN2O3.C19H15BrFNO3.C19H16FNO3.2CH4/c1-25-19-17(20(24)26-2)9-14(10-22)16-8-13(11-23-18(16)19)7-12-3-5-15(21)6-4-12;1-24-18-15(19(23)25-2)9-16(20)14-8-12(10-22-17(14)18)7-11-3-5-13(21)6-4-11;1-11-7-16(19(23)24-2)18(22)17-15(11)9-13(10-21-17)8-12-3-5-14(20)6-4-12;;/h3-6,8-9,11H,7H2,1-2H3;3-6,8-10H,7H2,1-2H3;3-7,9-10,22H,8H2,1-2H3;2*1H4. The van der Waals surface area contributed by atoms with Crippen LogP contribution in [0.25, 0.3) is 32.7 Å². The predicted molar refractivity (Wildman–Crippen MR) is 292 cm³/mol. The number of methoxy groups -OCH3 is 5. The summed E-state index contributed by atoms with van der Waals surface area (Å²) >= 11 is 3.48. The van der Waals surface area contributed by atoms with E-state index in [1.54, 1.807) is 67.1 Å². The minimum atomic E-state index is -0.602. The van der Waals surface area contributed by atoms with E-state index in [2.05, 4.69) is 41.7 Å². The van der Waals surface area contributed by atoms with Crippen molar-refractivity contribution >= 4 is 66.5 Å². The molecule has 9 rings (SSSR count). The van der Waals surface area contributed by atoms with E-state index in [1.165, 1.54) is 78.0 Å². The van der Waals surface area contributed by atoms with Crippen LogP contribution in [0.1, 0.15) is 90.4 Å². The van der Waals surface area contributed by atoms with Crippen molar-refractivity contribution < 1.29 is 56.3 Å². The molecular weight excluding hydrogens is 1060 g/mol. The van der Waals surface area contributed by atoms with Crippen LogP contribution in [0.3, 0.4) is 0 Å². The van der Waals surface area contributed by atoms with Crippen molar-refractivity contribution in [2.75, 3.05) is 35.5 Å². The van der Waals surface area contributed by atoms with Gasteiger partial charge in [0.15, 0.2) is 17.2 Å². The summed E-state index contributed by atoms with van der Waals surface area (Å²) < 4.78 is 64.7. The zero-order valence-electron chi connectivity index (χ0n) is 41.3. The Morgan fingerprint density at radius 1 is 0.519 bits per heavy atom. The smallest absolute Gasteiger partial charge is 0.341 e. The Morgan fingerprint density at radius 3 is 1.29 bits per heavy atom. The summed E-state index contributed by atoms with van der Waals surface area (Å²) in [6, 6.07) is 31.4. The molecule has 0 aliphatic rings. The lowest BCUT2D eigenvalue weighted by Crippen LogP contribution is -2.06. The van der Waals surface area contributed by atoms with Crippen LogP contribution < -0.4 is 9.47 Å². The highest BCUT2D eigenvalue weighted by Crippen LogP contribution is 2.36. The lowest BCUT2D eigenvalue weighted by atomic mass is 10.00. The van der Waals surface area contributed by atoms with E-state index in [9.17, 15) is 37.9 Å². The summed E-state index contributed by atoms with van der Waals surface area (Å²) in [6.45, 7) is 1.84. The number of phenolic OH excluding ortho intramolecular Hbond substituents is 1. The van der Waals surface area contributed by atoms with Gasteiger partial charge in [-0.15, -0.1) is 0 Å². The number of aromatic hydroxyl groups is 1. The fourth-order valence-electron chi connectivity index (χ4n) is 8.16. The minimum absolute atomic E-state index is 0. The SMILES string of the molecule is C.C.COC(=O)c1cc(Br)c2cc(Cc3ccc(F)cc3)cnc2c1OC.COC(=O)c1cc(C#N)c2cc(Cc3ccc(F)cc3)cnc2c1OC.COC(=O)c1cc(C)c2cc(Cc3ccc(F)cc3)cnc2c1O. The van der Waals surface area contributed by atoms with Gasteiger partial charge in [-0.2, -0.15) is 5.26 Å². The molecule has 0 amide bonds. The highest BCUT2D eigenvalue weighted by molar-refractivity contribution is 9.10. The van der Waals surface area contributed by atoms with E-state index in [-0.39, 0.29) is 54.9 Å². The van der Waals surface area contributed by atoms with Gasteiger partial charge in [0.2, 0.25) is 0 Å². The molecule has 77 heavy (non-hydrogen) atoms. The van der Waals surface area contributed by atoms with Gasteiger partial charge in [0.25, 0.3) is 0 Å². The molecule has 0 radical (unpaired) electrons. The number of esters is 3. The summed E-state index contributed by atoms with van der Waals surface area (Å²) in [6.07, 6.45) is 6.78. The van der Waals surface area contributed by atoms with Gasteiger partial charge in [-0.25, -0.2) is 27.6 Å². The quantitative estimate of drug-likeness (QED) is 0.0955. The zero-order chi connectivity index (χ0) is 53.9. The van der Waals surface area contributed by atoms with E-state index in [0.717, 1.165) is 54.2 Å². The molecule has 0 atom stereocenters. The summed E-state index contributed by atoms with van der Waals surface area (Å²) in [7, 11) is 6.77. The molecule has 0 bridgehead atoms. The molecule has 6 aromatic carbocycles. The molecule has 0 fully saturated rings. The lowest BCUT2D eigenvalue weighted by Gasteiger charge is -2.12. The number of fused-ring (bicyclic) bond motifs is 3. The van der Waals surface area contributed by atoms with E-state index in [4.69, 9.17) is 18.9 Å². The molecule has 0 saturated carbocycles. The number of rotatable bonds is 11. The Morgan fingerprint density at radius 2 is 0.883 bits per heavy atom. The van der Waals surface area contributed by atoms with Crippen LogP contribution in [0.15, 0.2) is 132 Å². The second-order valence-corrected chi connectivity index (χ2v) is 17.6. The molecule has 3 aromatic heterocycles. The van der Waals surface area contributed by atoms with Crippen LogP contribution in [0.5, 0.6) is 17.2 Å². The summed E-state index contributed by atoms with van der Waals surface area (Å²) in [5, 5.41) is 21.9. The molecular formula is C60H54BrF3N4O9. The topological polar surface area (TPSA) is 180 Å². The van der Waals surface area contributed by atoms with Crippen molar-refractivity contribution in [2.45, 2.75) is 41.0 Å². The minimum Gasteiger partial charge on any atom is -0.505 e. The second-order valence-electron chi connectivity index (χ2n) is 16.7. The highest BCUT2D eigenvalue weighted by Gasteiger charge is 2.22. The number of ether oxygens (including phenoxy) is 5. The number of hydrogen-bond acceptors (Lipinski definition) is 13. The Bertz CT molecular complexity index is 3650. The number of carbonyl (C=O) groups is 3. The molecule has 9 aromatic rings. The van der Waals surface area contributed by atoms with Crippen LogP contribution in [-0.2, 0) is 33.5 Å². The fourth-order valence-corrected chi connectivity index (χ4v) is 8.70. The molecule has 17 heteroatoms. The van der Waals surface area contributed by atoms with Crippen LogP contribution in [0, 0.1) is 35.7 Å². The molecule has 3 heterocycles. The van der Waals surface area contributed by atoms with Gasteiger partial charge in [-0.1, -0.05) is 67.2 Å². The lowest BCUT2D eigenvalue weighted by molar-refractivity contribution is 0.0588. The molecule has 13 nitrogen and oxygen atoms in total. The molecule has 0 aliphatic heterocycles. The number of carbonyl (C=O) groups excluding carboxylic acids is 3. The van der Waals surface area contributed by atoms with Crippen LogP contribution in [0.4, 0.5) is 13.2 Å². The van der Waals surface area contributed by atoms with Crippen LogP contribution in [-0.4, -0.2) is 73.5 Å². The molecule has 0 spiro atoms. The van der Waals surface area contributed by atoms with Crippen molar-refractivity contribution in [3.05, 3.63) is 211 Å². The zero-order valence-corrected chi connectivity index (χ0v) is 42.8. The van der Waals surface area contributed by atoms with Crippen LogP contribution in [0.2, 0.25) is 0 Å². The first kappa shape index (κ1) is 59.0. The fraction of sp³-hybridized carbons (Fsp3) is 0.183. The number of phenols is 1. The number of aromatic nitrogens is 3. The summed E-state index contributed by atoms with van der Waals surface area (Å²) in [4.78, 5) is 48.8. The first-order valence-corrected chi connectivity index (χ1v) is 23.5. The first-order chi connectivity index (χ1) is 36.1. The number of hydrogen-bond donors (Lipinski definition) is 1. The molecule has 0 saturated heterocycles. The second kappa shape index (κ2) is 26.6. The van der Waals surface area contributed by atoms with Crippen molar-refractivity contribution in [3.8, 4) is 23.3 Å². The van der Waals surface area contributed by atoms with Gasteiger partial charge >= 0.3 is 17.9 Å². The van der Waals surface area contributed by atoms with E-state index in [1.807, 2.05) is 25.1 Å². The van der Waals surface area contributed by atoms with Gasteiger partial charge in [-0.3, -0.25) is 15.0 Å². The Hall–Kier alpha value is -8.88. The largest absolute Gasteiger partial charge is 0.505 e. The molecule has 396 valence electrons. The van der Waals surface area contributed by atoms with Crippen molar-refractivity contribution in [1.29, 1.82) is 5.26 Å². The molecule has 0 aliphatic carbocycles. The van der Waals surface area contributed by atoms with Crippen molar-refractivity contribution in [1.82, 2.24) is 15.0 Å². The third-order valence-electron chi connectivity index (χ3n) is 11.8. The average molecular weight is 1110 g/mol. The maximum absolute atomic E-state index is 13.0. The Labute approximate surface area is 452 Å². The molecule has 1 N–H and O–H groups in total. The predicted octanol–water partition coefficient (Wildman–Crippen LogP) is 13.2. The molecule has 0 unspecified atom stereocenters. The highest BCUT2D eigenvalue weighted by atomic mass is 79.9. The summed E-state index contributed by atoms with van der Waals surface area (Å²) in [5.74, 6) is -2.07. The normalized spacial score (nSPS) is 10.4. The number of halogens is 4. The van der Waals surface area contributed by atoms with Crippen LogP contribution >= 0.6 is 15.9 Å². The van der Waals surface area contributed by atoms with Crippen molar-refractivity contribution in [2.24, 2.45) is 0 Å². The Kier molecular flexibility index (Phi) is 20.3. The number of pyridine rings is 3. The maximum Gasteiger partial charge on any atom is 0.341 e. The Balaban J connectivity index is 0.000000210. The number of nitriles is 1. The number of aryl methyl sites for hydroxylation is 1. The number of benzene rings is 6. The van der Waals surface area contributed by atoms with E-state index < -0.39 is 17.9 Å². The summed E-state index contributed by atoms with van der Waals surface area (Å²) in [5.41, 5.74) is 8.64. The van der Waals surface area contributed by atoms with E-state index >= 15 is 0 Å². The van der Waals surface area contributed by atoms with Gasteiger partial charge in [-0.05, 0) is 138 Å². The number of nitrogens with zero attached hydrogens (tertiary/aromatic N) is 4. The monoisotopic (exact) mass is 1110 g/mol. The van der Waals surface area contributed by atoms with Crippen molar-refractivity contribution in [3.63, 3.8) is 0 Å². The van der Waals surface area contributed by atoms with Gasteiger partial charge in [0.05, 0.1) is 47.2 Å².